The summed E-state index contributed by atoms with van der Waals surface area (Å²) in [7, 11) is 1.55. The smallest absolute Gasteiger partial charge is 0.328 e. The van der Waals surface area contributed by atoms with Crippen molar-refractivity contribution >= 4 is 18.0 Å². The molecule has 0 unspecified atom stereocenters. The molecule has 1 amide bonds. The molecule has 0 aliphatic rings. The summed E-state index contributed by atoms with van der Waals surface area (Å²) in [4.78, 5) is 25.7. The van der Waals surface area contributed by atoms with Crippen molar-refractivity contribution in [2.75, 3.05) is 13.7 Å². The first-order valence-electron chi connectivity index (χ1n) is 5.75. The van der Waals surface area contributed by atoms with Gasteiger partial charge in [-0.2, -0.15) is 0 Å². The van der Waals surface area contributed by atoms with Gasteiger partial charge >= 0.3 is 5.97 Å². The number of amides is 1. The van der Waals surface area contributed by atoms with E-state index in [1.165, 1.54) is 6.08 Å². The van der Waals surface area contributed by atoms with Gasteiger partial charge in [0.05, 0.1) is 13.0 Å². The number of nitrogens with zero attached hydrogens (tertiary/aromatic N) is 1. The van der Waals surface area contributed by atoms with E-state index >= 15 is 0 Å². The summed E-state index contributed by atoms with van der Waals surface area (Å²) in [6.07, 6.45) is 2.59. The predicted molar refractivity (Wildman–Crippen MR) is 69.8 cm³/mol. The molecule has 1 heterocycles. The monoisotopic (exact) mass is 264 g/mol. The van der Waals surface area contributed by atoms with E-state index in [-0.39, 0.29) is 18.9 Å². The number of aryl methyl sites for hydroxylation is 1. The summed E-state index contributed by atoms with van der Waals surface area (Å²) in [6.45, 7) is 2.00. The Labute approximate surface area is 111 Å². The van der Waals surface area contributed by atoms with E-state index in [1.807, 2.05) is 0 Å². The van der Waals surface area contributed by atoms with Crippen LogP contribution < -0.4 is 10.1 Å². The van der Waals surface area contributed by atoms with Gasteiger partial charge in [-0.15, -0.1) is 0 Å². The Morgan fingerprint density at radius 3 is 2.84 bits per heavy atom. The number of ether oxygens (including phenoxy) is 1. The van der Waals surface area contributed by atoms with Crippen LogP contribution in [0.15, 0.2) is 18.2 Å². The lowest BCUT2D eigenvalue weighted by atomic mass is 10.2. The first-order chi connectivity index (χ1) is 9.02. The number of aromatic nitrogens is 1. The van der Waals surface area contributed by atoms with Crippen molar-refractivity contribution in [3.05, 3.63) is 29.6 Å². The van der Waals surface area contributed by atoms with Crippen LogP contribution in [0.25, 0.3) is 6.08 Å². The highest BCUT2D eigenvalue weighted by Crippen LogP contribution is 2.18. The molecule has 0 saturated heterocycles. The van der Waals surface area contributed by atoms with Gasteiger partial charge in [0.15, 0.2) is 0 Å². The number of hydrogen-bond donors (Lipinski definition) is 2. The molecule has 0 fully saturated rings. The lowest BCUT2D eigenvalue weighted by molar-refractivity contribution is -0.131. The van der Waals surface area contributed by atoms with Gasteiger partial charge < -0.3 is 15.2 Å². The van der Waals surface area contributed by atoms with Gasteiger partial charge in [-0.25, -0.2) is 9.78 Å². The molecule has 1 aromatic rings. The molecule has 2 N–H and O–H groups in total. The molecule has 0 spiro atoms. The van der Waals surface area contributed by atoms with E-state index in [1.54, 1.807) is 26.1 Å². The molecular formula is C13H16N2O4. The van der Waals surface area contributed by atoms with Crippen LogP contribution in [0.5, 0.6) is 5.75 Å². The fourth-order valence-corrected chi connectivity index (χ4v) is 1.33. The summed E-state index contributed by atoms with van der Waals surface area (Å²) < 4.78 is 5.43. The first kappa shape index (κ1) is 14.7. The Morgan fingerprint density at radius 2 is 2.21 bits per heavy atom. The van der Waals surface area contributed by atoms with Gasteiger partial charge in [-0.05, 0) is 25.1 Å². The summed E-state index contributed by atoms with van der Waals surface area (Å²) in [5.41, 5.74) is 1.18. The number of carbonyl (C=O) groups excluding carboxylic acids is 1. The Hall–Kier alpha value is -2.37. The Balaban J connectivity index is 2.76. The lowest BCUT2D eigenvalue weighted by Crippen LogP contribution is -2.20. The second-order valence-electron chi connectivity index (χ2n) is 3.78. The SMILES string of the molecule is CNC(=O)CCOc1ccc(C)nc1C=CC(=O)O. The van der Waals surface area contributed by atoms with Crippen LogP contribution >= 0.6 is 0 Å². The molecule has 0 aliphatic carbocycles. The van der Waals surface area contributed by atoms with E-state index in [9.17, 15) is 9.59 Å². The second kappa shape index (κ2) is 7.15. The van der Waals surface area contributed by atoms with E-state index < -0.39 is 5.97 Å². The molecule has 19 heavy (non-hydrogen) atoms. The molecule has 102 valence electrons. The maximum absolute atomic E-state index is 11.1. The first-order valence-corrected chi connectivity index (χ1v) is 5.75. The lowest BCUT2D eigenvalue weighted by Gasteiger charge is -2.08. The normalized spacial score (nSPS) is 10.4. The Bertz CT molecular complexity index is 497. The Morgan fingerprint density at radius 1 is 1.47 bits per heavy atom. The number of nitrogens with one attached hydrogen (secondary N) is 1. The van der Waals surface area contributed by atoms with Crippen molar-refractivity contribution in [2.45, 2.75) is 13.3 Å². The van der Waals surface area contributed by atoms with Crippen LogP contribution in [-0.4, -0.2) is 35.6 Å². The molecule has 6 nitrogen and oxygen atoms in total. The molecule has 1 aromatic heterocycles. The number of pyridine rings is 1. The molecule has 0 saturated carbocycles. The standard InChI is InChI=1S/C13H16N2O4/c1-9-3-5-11(19-8-7-12(16)14-2)10(15-9)4-6-13(17)18/h3-6H,7-8H2,1-2H3,(H,14,16)(H,17,18). The van der Waals surface area contributed by atoms with Crippen LogP contribution in [-0.2, 0) is 9.59 Å². The van der Waals surface area contributed by atoms with Crippen LogP contribution in [0.2, 0.25) is 0 Å². The fraction of sp³-hybridized carbons (Fsp3) is 0.308. The molecular weight excluding hydrogens is 248 g/mol. The van der Waals surface area contributed by atoms with Crippen molar-refractivity contribution < 1.29 is 19.4 Å². The van der Waals surface area contributed by atoms with Gasteiger partial charge in [0.2, 0.25) is 5.91 Å². The van der Waals surface area contributed by atoms with Gasteiger partial charge in [-0.1, -0.05) is 0 Å². The third kappa shape index (κ3) is 5.20. The van der Waals surface area contributed by atoms with E-state index in [0.29, 0.717) is 11.4 Å². The van der Waals surface area contributed by atoms with E-state index in [0.717, 1.165) is 11.8 Å². The van der Waals surface area contributed by atoms with Crippen LogP contribution in [0.1, 0.15) is 17.8 Å². The number of carboxylic acid groups (broad SMARTS) is 1. The molecule has 0 aromatic carbocycles. The van der Waals surface area contributed by atoms with Crippen LogP contribution in [0.3, 0.4) is 0 Å². The zero-order valence-electron chi connectivity index (χ0n) is 10.8. The van der Waals surface area contributed by atoms with E-state index in [4.69, 9.17) is 9.84 Å². The predicted octanol–water partition coefficient (Wildman–Crippen LogP) is 1.00. The van der Waals surface area contributed by atoms with Crippen molar-refractivity contribution in [1.29, 1.82) is 0 Å². The summed E-state index contributed by atoms with van der Waals surface area (Å²) in [5, 5.41) is 11.1. The average Bonchev–Trinajstić information content (AvgIpc) is 2.38. The Kier molecular flexibility index (Phi) is 5.53. The second-order valence-corrected chi connectivity index (χ2v) is 3.78. The van der Waals surface area contributed by atoms with Gasteiger partial charge in [0, 0.05) is 18.8 Å². The minimum absolute atomic E-state index is 0.123. The number of carboxylic acids is 1. The molecule has 0 aliphatic heterocycles. The minimum atomic E-state index is -1.06. The van der Waals surface area contributed by atoms with E-state index in [2.05, 4.69) is 10.3 Å². The topological polar surface area (TPSA) is 88.5 Å². The van der Waals surface area contributed by atoms with Crippen molar-refractivity contribution in [3.63, 3.8) is 0 Å². The van der Waals surface area contributed by atoms with Gasteiger partial charge in [0.25, 0.3) is 0 Å². The summed E-state index contributed by atoms with van der Waals surface area (Å²) in [6, 6.07) is 3.46. The van der Waals surface area contributed by atoms with Gasteiger partial charge in [-0.3, -0.25) is 4.79 Å². The number of carbonyl (C=O) groups is 2. The highest BCUT2D eigenvalue weighted by Gasteiger charge is 2.05. The minimum Gasteiger partial charge on any atom is -0.491 e. The molecule has 6 heteroatoms. The maximum atomic E-state index is 11.1. The quantitative estimate of drug-likeness (QED) is 0.748. The van der Waals surface area contributed by atoms with Crippen molar-refractivity contribution in [1.82, 2.24) is 10.3 Å². The molecule has 0 bridgehead atoms. The third-order valence-corrected chi connectivity index (χ3v) is 2.27. The maximum Gasteiger partial charge on any atom is 0.328 e. The average molecular weight is 264 g/mol. The molecule has 0 atom stereocenters. The number of rotatable bonds is 6. The number of aliphatic carboxylic acids is 1. The third-order valence-electron chi connectivity index (χ3n) is 2.27. The summed E-state index contributed by atoms with van der Waals surface area (Å²) >= 11 is 0. The highest BCUT2D eigenvalue weighted by atomic mass is 16.5. The highest BCUT2D eigenvalue weighted by molar-refractivity contribution is 5.85. The van der Waals surface area contributed by atoms with Crippen molar-refractivity contribution in [2.24, 2.45) is 0 Å². The van der Waals surface area contributed by atoms with Gasteiger partial charge in [0.1, 0.15) is 11.4 Å². The largest absolute Gasteiger partial charge is 0.491 e. The molecule has 0 radical (unpaired) electrons. The fourth-order valence-electron chi connectivity index (χ4n) is 1.33. The molecule has 1 rings (SSSR count). The number of hydrogen-bond acceptors (Lipinski definition) is 4. The summed E-state index contributed by atoms with van der Waals surface area (Å²) in [5.74, 6) is -0.727. The van der Waals surface area contributed by atoms with Crippen LogP contribution in [0.4, 0.5) is 0 Å². The van der Waals surface area contributed by atoms with Crippen LogP contribution in [0, 0.1) is 6.92 Å². The zero-order chi connectivity index (χ0) is 14.3. The zero-order valence-corrected chi connectivity index (χ0v) is 10.8. The van der Waals surface area contributed by atoms with Crippen molar-refractivity contribution in [3.8, 4) is 5.75 Å².